The predicted octanol–water partition coefficient (Wildman–Crippen LogP) is 3.96. The van der Waals surface area contributed by atoms with Gasteiger partial charge in [0.2, 0.25) is 0 Å². The molecule has 0 aliphatic rings. The van der Waals surface area contributed by atoms with Crippen molar-refractivity contribution in [1.82, 2.24) is 4.98 Å². The molecule has 1 aromatic heterocycles. The summed E-state index contributed by atoms with van der Waals surface area (Å²) < 4.78 is 1.22. The van der Waals surface area contributed by atoms with Crippen LogP contribution in [0.4, 0.5) is 0 Å². The maximum atomic E-state index is 5.71. The van der Waals surface area contributed by atoms with E-state index in [0.29, 0.717) is 11.7 Å². The van der Waals surface area contributed by atoms with Gasteiger partial charge in [-0.05, 0) is 51.9 Å². The summed E-state index contributed by atoms with van der Waals surface area (Å²) in [6.07, 6.45) is 3.61. The first-order chi connectivity index (χ1) is 8.24. The zero-order valence-electron chi connectivity index (χ0n) is 8.98. The normalized spacial score (nSPS) is 10.9. The summed E-state index contributed by atoms with van der Waals surface area (Å²) in [6.45, 7) is 0.621. The molecule has 1 aromatic carbocycles. The van der Waals surface area contributed by atoms with Crippen LogP contribution >= 0.6 is 34.2 Å². The van der Waals surface area contributed by atoms with Gasteiger partial charge in [-0.25, -0.2) is 4.98 Å². The third-order valence-corrected chi connectivity index (χ3v) is 3.12. The highest BCUT2D eigenvalue weighted by molar-refractivity contribution is 14.1. The van der Waals surface area contributed by atoms with Gasteiger partial charge in [0.1, 0.15) is 5.15 Å². The van der Waals surface area contributed by atoms with Crippen LogP contribution < -0.4 is 0 Å². The zero-order valence-corrected chi connectivity index (χ0v) is 11.9. The number of benzene rings is 1. The van der Waals surface area contributed by atoms with Crippen LogP contribution in [0.1, 0.15) is 11.1 Å². The molecule has 1 heterocycles. The van der Waals surface area contributed by atoms with Crippen LogP contribution in [0.5, 0.6) is 0 Å². The van der Waals surface area contributed by atoms with Gasteiger partial charge in [-0.15, -0.1) is 0 Å². The van der Waals surface area contributed by atoms with E-state index in [-0.39, 0.29) is 0 Å². The fraction of sp³-hybridized carbons (Fsp3) is 0.0769. The van der Waals surface area contributed by atoms with Gasteiger partial charge in [0.05, 0.1) is 6.54 Å². The molecule has 0 saturated heterocycles. The number of aromatic nitrogens is 1. The molecule has 0 aliphatic carbocycles. The van der Waals surface area contributed by atoms with E-state index < -0.39 is 0 Å². The Bertz CT molecular complexity index is 506. The molecule has 0 unspecified atom stereocenters. The minimum Gasteiger partial charge on any atom is -0.288 e. The molecule has 0 fully saturated rings. The SMILES string of the molecule is Clc1ccc(CN=Cc2ccc(I)cc2)cn1. The maximum Gasteiger partial charge on any atom is 0.129 e. The Morgan fingerprint density at radius 2 is 1.94 bits per heavy atom. The lowest BCUT2D eigenvalue weighted by atomic mass is 10.2. The van der Waals surface area contributed by atoms with Crippen molar-refractivity contribution in [3.05, 3.63) is 62.4 Å². The Labute approximate surface area is 119 Å². The quantitative estimate of drug-likeness (QED) is 0.464. The number of hydrogen-bond acceptors (Lipinski definition) is 2. The predicted molar refractivity (Wildman–Crippen MR) is 79.7 cm³/mol. The van der Waals surface area contributed by atoms with E-state index in [0.717, 1.165) is 11.1 Å². The summed E-state index contributed by atoms with van der Waals surface area (Å²) in [7, 11) is 0. The van der Waals surface area contributed by atoms with E-state index in [2.05, 4.69) is 44.7 Å². The number of nitrogens with zero attached hydrogens (tertiary/aromatic N) is 2. The topological polar surface area (TPSA) is 25.2 Å². The highest BCUT2D eigenvalue weighted by atomic mass is 127. The summed E-state index contributed by atoms with van der Waals surface area (Å²) in [5.74, 6) is 0. The van der Waals surface area contributed by atoms with Gasteiger partial charge in [-0.2, -0.15) is 0 Å². The van der Waals surface area contributed by atoms with E-state index in [1.807, 2.05) is 24.4 Å². The first-order valence-electron chi connectivity index (χ1n) is 5.10. The van der Waals surface area contributed by atoms with Gasteiger partial charge in [-0.1, -0.05) is 29.8 Å². The van der Waals surface area contributed by atoms with Gasteiger partial charge in [0.15, 0.2) is 0 Å². The molecule has 0 atom stereocenters. The third-order valence-electron chi connectivity index (χ3n) is 2.17. The second-order valence-electron chi connectivity index (χ2n) is 3.51. The molecule has 0 saturated carbocycles. The van der Waals surface area contributed by atoms with Gasteiger partial charge < -0.3 is 0 Å². The Hall–Kier alpha value is -0.940. The lowest BCUT2D eigenvalue weighted by molar-refractivity contribution is 1.05. The lowest BCUT2D eigenvalue weighted by Crippen LogP contribution is -1.86. The molecule has 4 heteroatoms. The summed E-state index contributed by atoms with van der Waals surface area (Å²) in [6, 6.07) is 11.9. The van der Waals surface area contributed by atoms with Crippen LogP contribution in [0, 0.1) is 3.57 Å². The van der Waals surface area contributed by atoms with Crippen molar-refractivity contribution in [2.45, 2.75) is 6.54 Å². The molecule has 0 bridgehead atoms. The third kappa shape index (κ3) is 4.09. The standard InChI is InChI=1S/C13H10ClIN2/c14-13-6-3-11(9-17-13)8-16-7-10-1-4-12(15)5-2-10/h1-7,9H,8H2. The van der Waals surface area contributed by atoms with E-state index in [1.54, 1.807) is 12.3 Å². The van der Waals surface area contributed by atoms with Crippen molar-refractivity contribution >= 4 is 40.4 Å². The largest absolute Gasteiger partial charge is 0.288 e. The van der Waals surface area contributed by atoms with Crippen molar-refractivity contribution in [2.75, 3.05) is 0 Å². The first kappa shape index (κ1) is 12.5. The van der Waals surface area contributed by atoms with Crippen molar-refractivity contribution in [2.24, 2.45) is 4.99 Å². The molecule has 0 amide bonds. The summed E-state index contributed by atoms with van der Waals surface area (Å²) in [5.41, 5.74) is 2.16. The number of pyridine rings is 1. The Kier molecular flexibility index (Phi) is 4.50. The minimum atomic E-state index is 0.510. The maximum absolute atomic E-state index is 5.71. The molecule has 2 rings (SSSR count). The van der Waals surface area contributed by atoms with Gasteiger partial charge in [0.25, 0.3) is 0 Å². The smallest absolute Gasteiger partial charge is 0.129 e. The number of halogens is 2. The fourth-order valence-corrected chi connectivity index (χ4v) is 1.78. The molecule has 86 valence electrons. The second kappa shape index (κ2) is 6.12. The van der Waals surface area contributed by atoms with Crippen molar-refractivity contribution in [1.29, 1.82) is 0 Å². The molecule has 0 spiro atoms. The average Bonchev–Trinajstić information content (AvgIpc) is 2.34. The molecule has 0 N–H and O–H groups in total. The highest BCUT2D eigenvalue weighted by Crippen LogP contribution is 2.07. The highest BCUT2D eigenvalue weighted by Gasteiger charge is 1.92. The van der Waals surface area contributed by atoms with Crippen molar-refractivity contribution in [3.8, 4) is 0 Å². The van der Waals surface area contributed by atoms with Crippen LogP contribution in [0.25, 0.3) is 0 Å². The van der Waals surface area contributed by atoms with Crippen molar-refractivity contribution in [3.63, 3.8) is 0 Å². The monoisotopic (exact) mass is 356 g/mol. The lowest BCUT2D eigenvalue weighted by Gasteiger charge is -1.96. The van der Waals surface area contributed by atoms with Gasteiger partial charge in [0, 0.05) is 16.0 Å². The van der Waals surface area contributed by atoms with Crippen LogP contribution in [0.3, 0.4) is 0 Å². The Morgan fingerprint density at radius 1 is 1.18 bits per heavy atom. The number of hydrogen-bond donors (Lipinski definition) is 0. The molecular weight excluding hydrogens is 347 g/mol. The fourth-order valence-electron chi connectivity index (χ4n) is 1.31. The van der Waals surface area contributed by atoms with Crippen LogP contribution in [0.2, 0.25) is 5.15 Å². The molecule has 2 nitrogen and oxygen atoms in total. The Morgan fingerprint density at radius 3 is 2.59 bits per heavy atom. The zero-order chi connectivity index (χ0) is 12.1. The summed E-state index contributed by atoms with van der Waals surface area (Å²) >= 11 is 7.99. The average molecular weight is 357 g/mol. The van der Waals surface area contributed by atoms with Crippen molar-refractivity contribution < 1.29 is 0 Å². The molecule has 17 heavy (non-hydrogen) atoms. The first-order valence-corrected chi connectivity index (χ1v) is 6.55. The van der Waals surface area contributed by atoms with Gasteiger partial charge in [-0.3, -0.25) is 4.99 Å². The Balaban J connectivity index is 1.97. The van der Waals surface area contributed by atoms with E-state index in [1.165, 1.54) is 3.57 Å². The number of rotatable bonds is 3. The second-order valence-corrected chi connectivity index (χ2v) is 5.14. The summed E-state index contributed by atoms with van der Waals surface area (Å²) in [5, 5.41) is 0.510. The molecular formula is C13H10ClIN2. The van der Waals surface area contributed by atoms with E-state index >= 15 is 0 Å². The molecule has 2 aromatic rings. The summed E-state index contributed by atoms with van der Waals surface area (Å²) in [4.78, 5) is 8.37. The number of aliphatic imine (C=N–C) groups is 1. The van der Waals surface area contributed by atoms with E-state index in [9.17, 15) is 0 Å². The minimum absolute atomic E-state index is 0.510. The van der Waals surface area contributed by atoms with E-state index in [4.69, 9.17) is 11.6 Å². The van der Waals surface area contributed by atoms with Crippen LogP contribution in [0.15, 0.2) is 47.6 Å². The van der Waals surface area contributed by atoms with Crippen LogP contribution in [-0.2, 0) is 6.54 Å². The van der Waals surface area contributed by atoms with Crippen LogP contribution in [-0.4, -0.2) is 11.2 Å². The van der Waals surface area contributed by atoms with Gasteiger partial charge >= 0.3 is 0 Å². The molecule has 0 radical (unpaired) electrons. The molecule has 0 aliphatic heterocycles.